The summed E-state index contributed by atoms with van der Waals surface area (Å²) >= 11 is 0. The van der Waals surface area contributed by atoms with Gasteiger partial charge in [0.05, 0.1) is 18.7 Å². The van der Waals surface area contributed by atoms with Crippen LogP contribution in [0.3, 0.4) is 0 Å². The number of amides is 3. The Labute approximate surface area is 253 Å². The number of piperazine rings is 1. The molecule has 0 saturated carbocycles. The van der Waals surface area contributed by atoms with E-state index >= 15 is 0 Å². The average Bonchev–Trinajstić information content (AvgIpc) is 3.42. The van der Waals surface area contributed by atoms with E-state index in [9.17, 15) is 27.6 Å². The predicted octanol–water partition coefficient (Wildman–Crippen LogP) is 4.44. The van der Waals surface area contributed by atoms with Gasteiger partial charge in [-0.15, -0.1) is 0 Å². The number of H-pyrrole nitrogens is 1. The summed E-state index contributed by atoms with van der Waals surface area (Å²) in [6.07, 6.45) is -2.91. The third-order valence-electron chi connectivity index (χ3n) is 7.91. The molecule has 44 heavy (non-hydrogen) atoms. The van der Waals surface area contributed by atoms with Crippen LogP contribution < -0.4 is 10.6 Å². The number of para-hydroxylation sites is 1. The van der Waals surface area contributed by atoms with Crippen molar-refractivity contribution in [1.29, 1.82) is 0 Å². The zero-order valence-electron chi connectivity index (χ0n) is 24.2. The van der Waals surface area contributed by atoms with Gasteiger partial charge in [-0.3, -0.25) is 24.2 Å². The quantitative estimate of drug-likeness (QED) is 0.262. The monoisotopic (exact) mass is 605 g/mol. The summed E-state index contributed by atoms with van der Waals surface area (Å²) < 4.78 is 41.3. The second-order valence-electron chi connectivity index (χ2n) is 10.9. The van der Waals surface area contributed by atoms with Crippen molar-refractivity contribution in [1.82, 2.24) is 25.4 Å². The highest BCUT2D eigenvalue weighted by Crippen LogP contribution is 2.32. The van der Waals surface area contributed by atoms with E-state index in [1.54, 1.807) is 6.20 Å². The van der Waals surface area contributed by atoms with Crippen molar-refractivity contribution in [3.05, 3.63) is 107 Å². The maximum absolute atomic E-state index is 14.0. The van der Waals surface area contributed by atoms with Crippen LogP contribution in [0, 0.1) is 0 Å². The van der Waals surface area contributed by atoms with Crippen molar-refractivity contribution in [2.75, 3.05) is 26.2 Å². The van der Waals surface area contributed by atoms with Crippen LogP contribution in [-0.2, 0) is 33.5 Å². The lowest BCUT2D eigenvalue weighted by molar-refractivity contribution is -0.148. The number of hydrogen-bond donors (Lipinski definition) is 3. The number of carbonyl (C=O) groups excluding carboxylic acids is 3. The molecule has 0 aliphatic carbocycles. The number of nitrogens with zero attached hydrogens (tertiary/aromatic N) is 2. The summed E-state index contributed by atoms with van der Waals surface area (Å²) in [5, 5.41) is 7.01. The first-order valence-corrected chi connectivity index (χ1v) is 14.4. The zero-order valence-corrected chi connectivity index (χ0v) is 24.2. The van der Waals surface area contributed by atoms with Gasteiger partial charge < -0.3 is 15.6 Å². The van der Waals surface area contributed by atoms with Gasteiger partial charge in [-0.1, -0.05) is 66.7 Å². The number of benzene rings is 3. The van der Waals surface area contributed by atoms with Crippen molar-refractivity contribution < 1.29 is 27.6 Å². The molecule has 1 aliphatic rings. The van der Waals surface area contributed by atoms with E-state index in [2.05, 4.69) is 15.6 Å². The molecule has 3 aromatic carbocycles. The molecule has 1 aromatic heterocycles. The summed E-state index contributed by atoms with van der Waals surface area (Å²) in [6, 6.07) is 20.8. The van der Waals surface area contributed by atoms with Gasteiger partial charge in [0.2, 0.25) is 11.8 Å². The number of alkyl halides is 3. The van der Waals surface area contributed by atoms with E-state index in [1.807, 2.05) is 59.5 Å². The lowest BCUT2D eigenvalue weighted by atomic mass is 10.0. The zero-order chi connectivity index (χ0) is 31.3. The van der Waals surface area contributed by atoms with Crippen LogP contribution in [0.15, 0.2) is 85.1 Å². The Morgan fingerprint density at radius 2 is 1.68 bits per heavy atom. The van der Waals surface area contributed by atoms with Crippen molar-refractivity contribution in [2.24, 2.45) is 0 Å². The molecule has 1 saturated heterocycles. The topological polar surface area (TPSA) is 97.5 Å². The number of rotatable bonds is 9. The highest BCUT2D eigenvalue weighted by molar-refractivity contribution is 5.99. The smallest absolute Gasteiger partial charge is 0.361 e. The summed E-state index contributed by atoms with van der Waals surface area (Å²) in [6.45, 7) is 2.47. The van der Waals surface area contributed by atoms with E-state index in [1.165, 1.54) is 18.2 Å². The molecule has 2 heterocycles. The Kier molecular flexibility index (Phi) is 9.46. The van der Waals surface area contributed by atoms with Gasteiger partial charge in [0.15, 0.2) is 0 Å². The average molecular weight is 606 g/mol. The molecule has 0 bridgehead atoms. The third kappa shape index (κ3) is 7.17. The Bertz CT molecular complexity index is 1620. The minimum Gasteiger partial charge on any atom is -0.361 e. The largest absolute Gasteiger partial charge is 0.416 e. The first-order chi connectivity index (χ1) is 21.1. The van der Waals surface area contributed by atoms with Crippen LogP contribution in [-0.4, -0.2) is 64.7 Å². The van der Waals surface area contributed by atoms with Gasteiger partial charge in [-0.25, -0.2) is 0 Å². The van der Waals surface area contributed by atoms with Gasteiger partial charge in [0.25, 0.3) is 5.91 Å². The Balaban J connectivity index is 1.42. The summed E-state index contributed by atoms with van der Waals surface area (Å²) in [5.41, 5.74) is 1.45. The lowest BCUT2D eigenvalue weighted by Gasteiger charge is -2.36. The molecule has 2 atom stereocenters. The standard InChI is InChI=1S/C33H34F3N5O3/c1-22(42)41(20-24-11-5-7-13-27(24)33(34,35)36)32(44)29(17-25-18-38-28-14-8-6-12-26(25)28)39-31(43)21-40-16-15-37-19-30(40)23-9-3-2-4-10-23/h2-14,18,29-30,37-38H,15-17,19-21H2,1H3,(H,39,43). The minimum absolute atomic E-state index is 0.00408. The van der Waals surface area contributed by atoms with Gasteiger partial charge in [0, 0.05) is 56.1 Å². The molecule has 1 fully saturated rings. The molecule has 5 rings (SSSR count). The van der Waals surface area contributed by atoms with Gasteiger partial charge >= 0.3 is 6.18 Å². The number of nitrogens with one attached hydrogen (secondary N) is 3. The van der Waals surface area contributed by atoms with Gasteiger partial charge in [0.1, 0.15) is 6.04 Å². The highest BCUT2D eigenvalue weighted by Gasteiger charge is 2.36. The van der Waals surface area contributed by atoms with E-state index < -0.39 is 42.0 Å². The SMILES string of the molecule is CC(=O)N(Cc1ccccc1C(F)(F)F)C(=O)C(Cc1c[nH]c2ccccc12)NC(=O)CN1CCNCC1c1ccccc1. The molecule has 0 radical (unpaired) electrons. The number of fused-ring (bicyclic) bond motifs is 1. The Morgan fingerprint density at radius 1 is 0.977 bits per heavy atom. The fourth-order valence-electron chi connectivity index (χ4n) is 5.72. The summed E-state index contributed by atoms with van der Waals surface area (Å²) in [4.78, 5) is 46.3. The molecular formula is C33H34F3N5O3. The van der Waals surface area contributed by atoms with Crippen LogP contribution in [0.5, 0.6) is 0 Å². The fraction of sp³-hybridized carbons (Fsp3) is 0.303. The van der Waals surface area contributed by atoms with E-state index in [0.29, 0.717) is 19.6 Å². The van der Waals surface area contributed by atoms with Gasteiger partial charge in [-0.2, -0.15) is 13.2 Å². The van der Waals surface area contributed by atoms with E-state index in [-0.39, 0.29) is 24.6 Å². The number of halogens is 3. The van der Waals surface area contributed by atoms with Gasteiger partial charge in [-0.05, 0) is 28.8 Å². The molecule has 3 N–H and O–H groups in total. The Hall–Kier alpha value is -4.48. The van der Waals surface area contributed by atoms with Crippen LogP contribution in [0.2, 0.25) is 0 Å². The van der Waals surface area contributed by atoms with E-state index in [0.717, 1.165) is 39.9 Å². The fourth-order valence-corrected chi connectivity index (χ4v) is 5.72. The summed E-state index contributed by atoms with van der Waals surface area (Å²) in [5.74, 6) is -1.94. The molecule has 11 heteroatoms. The molecule has 230 valence electrons. The van der Waals surface area contributed by atoms with Crippen molar-refractivity contribution in [2.45, 2.75) is 38.1 Å². The number of imide groups is 1. The predicted molar refractivity (Wildman–Crippen MR) is 160 cm³/mol. The summed E-state index contributed by atoms with van der Waals surface area (Å²) in [7, 11) is 0. The molecule has 4 aromatic rings. The lowest BCUT2D eigenvalue weighted by Crippen LogP contribution is -2.54. The van der Waals surface area contributed by atoms with Crippen LogP contribution in [0.4, 0.5) is 13.2 Å². The maximum Gasteiger partial charge on any atom is 0.416 e. The van der Waals surface area contributed by atoms with Crippen LogP contribution in [0.25, 0.3) is 10.9 Å². The molecule has 1 aliphatic heterocycles. The molecule has 3 amide bonds. The highest BCUT2D eigenvalue weighted by atomic mass is 19.4. The number of carbonyl (C=O) groups is 3. The second kappa shape index (κ2) is 13.4. The number of aromatic nitrogens is 1. The van der Waals surface area contributed by atoms with Crippen molar-refractivity contribution in [3.63, 3.8) is 0 Å². The molecular weight excluding hydrogens is 571 g/mol. The molecule has 8 nitrogen and oxygen atoms in total. The van der Waals surface area contributed by atoms with E-state index in [4.69, 9.17) is 0 Å². The second-order valence-corrected chi connectivity index (χ2v) is 10.9. The minimum atomic E-state index is -4.67. The first-order valence-electron chi connectivity index (χ1n) is 14.4. The number of aromatic amines is 1. The van der Waals surface area contributed by atoms with Crippen LogP contribution in [0.1, 0.15) is 35.2 Å². The Morgan fingerprint density at radius 3 is 2.43 bits per heavy atom. The third-order valence-corrected chi connectivity index (χ3v) is 7.91. The normalized spacial score (nSPS) is 16.4. The first kappa shape index (κ1) is 31.0. The number of hydrogen-bond acceptors (Lipinski definition) is 5. The van der Waals surface area contributed by atoms with Crippen LogP contribution >= 0.6 is 0 Å². The van der Waals surface area contributed by atoms with Crippen molar-refractivity contribution in [3.8, 4) is 0 Å². The molecule has 0 spiro atoms. The molecule has 2 unspecified atom stereocenters. The maximum atomic E-state index is 14.0. The van der Waals surface area contributed by atoms with Crippen molar-refractivity contribution >= 4 is 28.6 Å².